The molecule has 1 amide bonds. The molecule has 0 fully saturated rings. The first-order chi connectivity index (χ1) is 9.08. The van der Waals surface area contributed by atoms with Gasteiger partial charge in [-0.3, -0.25) is 10.1 Å². The zero-order chi connectivity index (χ0) is 13.8. The summed E-state index contributed by atoms with van der Waals surface area (Å²) in [4.78, 5) is 11.8. The number of amides is 1. The van der Waals surface area contributed by atoms with Crippen molar-refractivity contribution in [3.8, 4) is 0 Å². The highest BCUT2D eigenvalue weighted by atomic mass is 32.2. The van der Waals surface area contributed by atoms with Gasteiger partial charge < -0.3 is 0 Å². The second-order valence-electron chi connectivity index (χ2n) is 3.42. The van der Waals surface area contributed by atoms with E-state index in [0.29, 0.717) is 11.2 Å². The molecule has 0 atom stereocenters. The number of hydrogen-bond donors (Lipinski definition) is 1. The minimum Gasteiger partial charge on any atom is -0.296 e. The third-order valence-electron chi connectivity index (χ3n) is 2.02. The number of nitrogens with zero attached hydrogens (tertiary/aromatic N) is 2. The molecule has 0 spiro atoms. The predicted octanol–water partition coefficient (Wildman–Crippen LogP) is 3.18. The maximum Gasteiger partial charge on any atom is 0.257 e. The quantitative estimate of drug-likeness (QED) is 0.696. The first-order valence-electron chi connectivity index (χ1n) is 5.32. The van der Waals surface area contributed by atoms with Crippen molar-refractivity contribution >= 4 is 34.1 Å². The molecule has 0 saturated carbocycles. The summed E-state index contributed by atoms with van der Waals surface area (Å²) in [5, 5.41) is 10.4. The van der Waals surface area contributed by atoms with Crippen LogP contribution in [-0.2, 0) is 0 Å². The number of hydrogen-bond acceptors (Lipinski definition) is 5. The fraction of sp³-hybridized carbons (Fsp3) is 0.182. The summed E-state index contributed by atoms with van der Waals surface area (Å²) >= 11 is 2.71. The third-order valence-corrected chi connectivity index (χ3v) is 3.87. The lowest BCUT2D eigenvalue weighted by atomic mass is 10.2. The van der Waals surface area contributed by atoms with E-state index < -0.39 is 17.5 Å². The summed E-state index contributed by atoms with van der Waals surface area (Å²) in [7, 11) is 0. The van der Waals surface area contributed by atoms with Crippen LogP contribution < -0.4 is 5.32 Å². The minimum absolute atomic E-state index is 0.0996. The molecule has 0 unspecified atom stereocenters. The molecule has 0 aliphatic heterocycles. The van der Waals surface area contributed by atoms with E-state index in [4.69, 9.17) is 0 Å². The Morgan fingerprint density at radius 1 is 1.32 bits per heavy atom. The highest BCUT2D eigenvalue weighted by Gasteiger charge is 2.12. The molecule has 0 aliphatic carbocycles. The lowest BCUT2D eigenvalue weighted by molar-refractivity contribution is 0.102. The van der Waals surface area contributed by atoms with Crippen LogP contribution in [0.4, 0.5) is 13.9 Å². The van der Waals surface area contributed by atoms with Crippen LogP contribution in [-0.4, -0.2) is 21.9 Å². The van der Waals surface area contributed by atoms with E-state index in [-0.39, 0.29) is 5.56 Å². The van der Waals surface area contributed by atoms with E-state index >= 15 is 0 Å². The molecule has 1 aromatic carbocycles. The van der Waals surface area contributed by atoms with Gasteiger partial charge in [0.05, 0.1) is 0 Å². The second-order valence-corrected chi connectivity index (χ2v) is 5.91. The lowest BCUT2D eigenvalue weighted by Crippen LogP contribution is -2.12. The number of aromatic nitrogens is 2. The zero-order valence-corrected chi connectivity index (χ0v) is 11.4. The SMILES string of the molecule is CCSc1nnc(NC(=O)c2cc(F)cc(F)c2)s1. The van der Waals surface area contributed by atoms with E-state index in [1.807, 2.05) is 6.92 Å². The average molecular weight is 301 g/mol. The summed E-state index contributed by atoms with van der Waals surface area (Å²) < 4.78 is 26.7. The molecule has 2 aromatic rings. The van der Waals surface area contributed by atoms with Crippen LogP contribution in [0.2, 0.25) is 0 Å². The number of thioether (sulfide) groups is 1. The Labute approximate surface area is 116 Å². The van der Waals surface area contributed by atoms with Crippen molar-refractivity contribution in [3.63, 3.8) is 0 Å². The smallest absolute Gasteiger partial charge is 0.257 e. The van der Waals surface area contributed by atoms with Gasteiger partial charge in [-0.05, 0) is 17.9 Å². The summed E-state index contributed by atoms with van der Waals surface area (Å²) in [6.45, 7) is 1.97. The fourth-order valence-corrected chi connectivity index (χ4v) is 2.94. The van der Waals surface area contributed by atoms with Crippen molar-refractivity contribution in [2.45, 2.75) is 11.3 Å². The van der Waals surface area contributed by atoms with E-state index in [0.717, 1.165) is 22.2 Å². The van der Waals surface area contributed by atoms with Gasteiger partial charge >= 0.3 is 0 Å². The van der Waals surface area contributed by atoms with Gasteiger partial charge in [0.15, 0.2) is 4.34 Å². The van der Waals surface area contributed by atoms with Crippen molar-refractivity contribution in [1.29, 1.82) is 0 Å². The second kappa shape index (κ2) is 6.07. The number of anilines is 1. The van der Waals surface area contributed by atoms with Gasteiger partial charge in [-0.1, -0.05) is 30.0 Å². The molecule has 0 aliphatic rings. The predicted molar refractivity (Wildman–Crippen MR) is 70.6 cm³/mol. The zero-order valence-electron chi connectivity index (χ0n) is 9.81. The largest absolute Gasteiger partial charge is 0.296 e. The van der Waals surface area contributed by atoms with Gasteiger partial charge in [-0.15, -0.1) is 10.2 Å². The number of carbonyl (C=O) groups excluding carboxylic acids is 1. The standard InChI is InChI=1S/C11H9F2N3OS2/c1-2-18-11-16-15-10(19-11)14-9(17)6-3-7(12)5-8(13)4-6/h3-5H,2H2,1H3,(H,14,15,17). The van der Waals surface area contributed by atoms with Gasteiger partial charge in [0, 0.05) is 11.6 Å². The van der Waals surface area contributed by atoms with Crippen LogP contribution in [0, 0.1) is 11.6 Å². The monoisotopic (exact) mass is 301 g/mol. The molecule has 1 aromatic heterocycles. The summed E-state index contributed by atoms with van der Waals surface area (Å²) in [6, 6.07) is 2.63. The number of benzene rings is 1. The first-order valence-corrected chi connectivity index (χ1v) is 7.12. The molecule has 100 valence electrons. The van der Waals surface area contributed by atoms with Crippen LogP contribution in [0.1, 0.15) is 17.3 Å². The van der Waals surface area contributed by atoms with Crippen molar-refractivity contribution in [2.24, 2.45) is 0 Å². The number of nitrogens with one attached hydrogen (secondary N) is 1. The lowest BCUT2D eigenvalue weighted by Gasteiger charge is -2.01. The summed E-state index contributed by atoms with van der Waals surface area (Å²) in [6.07, 6.45) is 0. The van der Waals surface area contributed by atoms with Gasteiger partial charge in [-0.25, -0.2) is 8.78 Å². The van der Waals surface area contributed by atoms with Gasteiger partial charge in [0.25, 0.3) is 5.91 Å². The minimum atomic E-state index is -0.801. The Kier molecular flexibility index (Phi) is 4.43. The Morgan fingerprint density at radius 3 is 2.63 bits per heavy atom. The number of halogens is 2. The molecular weight excluding hydrogens is 292 g/mol. The molecule has 0 radical (unpaired) electrons. The van der Waals surface area contributed by atoms with Gasteiger partial charge in [-0.2, -0.15) is 0 Å². The summed E-state index contributed by atoms with van der Waals surface area (Å²) in [5.74, 6) is -1.38. The van der Waals surface area contributed by atoms with Crippen LogP contribution >= 0.6 is 23.1 Å². The van der Waals surface area contributed by atoms with Crippen molar-refractivity contribution < 1.29 is 13.6 Å². The van der Waals surface area contributed by atoms with Crippen molar-refractivity contribution in [1.82, 2.24) is 10.2 Å². The highest BCUT2D eigenvalue weighted by Crippen LogP contribution is 2.25. The van der Waals surface area contributed by atoms with Crippen LogP contribution in [0.5, 0.6) is 0 Å². The average Bonchev–Trinajstić information content (AvgIpc) is 2.76. The molecule has 1 N–H and O–H groups in total. The molecule has 2 rings (SSSR count). The summed E-state index contributed by atoms with van der Waals surface area (Å²) in [5.41, 5.74) is -0.0996. The first kappa shape index (κ1) is 13.9. The maximum atomic E-state index is 13.0. The molecule has 19 heavy (non-hydrogen) atoms. The van der Waals surface area contributed by atoms with Crippen LogP contribution in [0.15, 0.2) is 22.5 Å². The van der Waals surface area contributed by atoms with E-state index in [1.54, 1.807) is 0 Å². The normalized spacial score (nSPS) is 10.5. The molecule has 8 heteroatoms. The van der Waals surface area contributed by atoms with Crippen molar-refractivity contribution in [2.75, 3.05) is 11.1 Å². The van der Waals surface area contributed by atoms with Crippen LogP contribution in [0.25, 0.3) is 0 Å². The number of carbonyl (C=O) groups is 1. The molecular formula is C11H9F2N3OS2. The third kappa shape index (κ3) is 3.71. The van der Waals surface area contributed by atoms with E-state index in [2.05, 4.69) is 15.5 Å². The molecule has 0 bridgehead atoms. The van der Waals surface area contributed by atoms with E-state index in [9.17, 15) is 13.6 Å². The Balaban J connectivity index is 2.11. The van der Waals surface area contributed by atoms with Gasteiger partial charge in [0.2, 0.25) is 5.13 Å². The molecule has 0 saturated heterocycles. The van der Waals surface area contributed by atoms with Crippen LogP contribution in [0.3, 0.4) is 0 Å². The Morgan fingerprint density at radius 2 is 2.00 bits per heavy atom. The van der Waals surface area contributed by atoms with Crippen molar-refractivity contribution in [3.05, 3.63) is 35.4 Å². The topological polar surface area (TPSA) is 54.9 Å². The molecule has 1 heterocycles. The molecule has 4 nitrogen and oxygen atoms in total. The van der Waals surface area contributed by atoms with Gasteiger partial charge in [0.1, 0.15) is 11.6 Å². The maximum absolute atomic E-state index is 13.0. The Hall–Kier alpha value is -1.54. The van der Waals surface area contributed by atoms with E-state index in [1.165, 1.54) is 23.1 Å². The number of rotatable bonds is 4. The highest BCUT2D eigenvalue weighted by molar-refractivity contribution is 8.01. The fourth-order valence-electron chi connectivity index (χ4n) is 1.30. The Bertz CT molecular complexity index is 583.